The largest absolute Gasteiger partial charge is 0.586 e. The molecule has 0 unspecified atom stereocenters. The average molecular weight is 432 g/mol. The summed E-state index contributed by atoms with van der Waals surface area (Å²) in [4.78, 5) is 28.6. The molecule has 2 aliphatic heterocycles. The zero-order valence-corrected chi connectivity index (χ0v) is 16.6. The fourth-order valence-electron chi connectivity index (χ4n) is 3.49. The van der Waals surface area contributed by atoms with E-state index in [4.69, 9.17) is 0 Å². The van der Waals surface area contributed by atoms with Crippen LogP contribution >= 0.6 is 0 Å². The lowest BCUT2D eigenvalue weighted by molar-refractivity contribution is -0.286. The maximum Gasteiger partial charge on any atom is 0.586 e. The van der Waals surface area contributed by atoms with Crippen molar-refractivity contribution in [3.63, 3.8) is 0 Å². The van der Waals surface area contributed by atoms with Gasteiger partial charge in [-0.2, -0.15) is 0 Å². The van der Waals surface area contributed by atoms with E-state index in [2.05, 4.69) is 42.0 Å². The molecule has 1 fully saturated rings. The van der Waals surface area contributed by atoms with Crippen LogP contribution in [0, 0.1) is 0 Å². The molecule has 0 spiro atoms. The van der Waals surface area contributed by atoms with Gasteiger partial charge in [0, 0.05) is 56.7 Å². The van der Waals surface area contributed by atoms with Crippen molar-refractivity contribution in [1.82, 2.24) is 10.2 Å². The van der Waals surface area contributed by atoms with E-state index in [-0.39, 0.29) is 17.2 Å². The normalized spacial score (nSPS) is 17.3. The monoisotopic (exact) mass is 432 g/mol. The number of rotatable bonds is 5. The van der Waals surface area contributed by atoms with Crippen molar-refractivity contribution in [3.05, 3.63) is 48.5 Å². The summed E-state index contributed by atoms with van der Waals surface area (Å²) >= 11 is 0. The second-order valence-electron chi connectivity index (χ2n) is 7.20. The van der Waals surface area contributed by atoms with Gasteiger partial charge >= 0.3 is 18.1 Å². The Balaban J connectivity index is 1.18. The van der Waals surface area contributed by atoms with Crippen molar-refractivity contribution in [2.24, 2.45) is 0 Å². The summed E-state index contributed by atoms with van der Waals surface area (Å²) in [7, 11) is 0. The lowest BCUT2D eigenvalue weighted by Crippen LogP contribution is -2.49. The third-order valence-corrected chi connectivity index (χ3v) is 5.07. The second kappa shape index (κ2) is 8.76. The molecule has 0 aromatic heterocycles. The topological polar surface area (TPSA) is 83.1 Å². The number of nitrogens with zero attached hydrogens (tertiary/aromatic N) is 2. The van der Waals surface area contributed by atoms with E-state index in [0.29, 0.717) is 13.1 Å². The number of benzene rings is 2. The predicted molar refractivity (Wildman–Crippen MR) is 109 cm³/mol. The number of carbonyl (C=O) groups is 2. The number of amides is 2. The van der Waals surface area contributed by atoms with Gasteiger partial charge in [0.2, 0.25) is 0 Å². The number of alkyl halides is 2. The molecular formula is C21H22F2N4O4. The highest BCUT2D eigenvalue weighted by atomic mass is 19.3. The number of hydrogen-bond acceptors (Lipinski definition) is 6. The SMILES string of the molecule is O=C(NCCN1CCN(c2ccccc2)CC1)C(=O)Nc1ccc2c(c1)OC(F)(F)O2. The van der Waals surface area contributed by atoms with Gasteiger partial charge in [0.05, 0.1) is 0 Å². The summed E-state index contributed by atoms with van der Waals surface area (Å²) in [6.45, 7) is 4.45. The highest BCUT2D eigenvalue weighted by molar-refractivity contribution is 6.39. The van der Waals surface area contributed by atoms with Crippen molar-refractivity contribution in [2.75, 3.05) is 49.5 Å². The first-order valence-electron chi connectivity index (χ1n) is 9.91. The zero-order valence-electron chi connectivity index (χ0n) is 16.6. The lowest BCUT2D eigenvalue weighted by Gasteiger charge is -2.36. The Morgan fingerprint density at radius 1 is 0.935 bits per heavy atom. The van der Waals surface area contributed by atoms with Gasteiger partial charge in [-0.3, -0.25) is 14.5 Å². The van der Waals surface area contributed by atoms with Gasteiger partial charge < -0.3 is 25.0 Å². The van der Waals surface area contributed by atoms with E-state index in [1.807, 2.05) is 18.2 Å². The highest BCUT2D eigenvalue weighted by Gasteiger charge is 2.43. The minimum absolute atomic E-state index is 0.139. The number of carbonyl (C=O) groups excluding carboxylic acids is 2. The first kappa shape index (κ1) is 20.9. The van der Waals surface area contributed by atoms with E-state index in [1.54, 1.807) is 0 Å². The van der Waals surface area contributed by atoms with Gasteiger partial charge in [0.25, 0.3) is 0 Å². The van der Waals surface area contributed by atoms with Crippen LogP contribution in [0.25, 0.3) is 0 Å². The van der Waals surface area contributed by atoms with Crippen molar-refractivity contribution in [1.29, 1.82) is 0 Å². The van der Waals surface area contributed by atoms with Gasteiger partial charge in [-0.15, -0.1) is 8.78 Å². The summed E-state index contributed by atoms with van der Waals surface area (Å²) < 4.78 is 34.7. The number of nitrogens with one attached hydrogen (secondary N) is 2. The lowest BCUT2D eigenvalue weighted by atomic mass is 10.2. The number of ether oxygens (including phenoxy) is 2. The van der Waals surface area contributed by atoms with Gasteiger partial charge in [-0.05, 0) is 24.3 Å². The molecule has 2 heterocycles. The van der Waals surface area contributed by atoms with E-state index in [9.17, 15) is 18.4 Å². The van der Waals surface area contributed by atoms with E-state index < -0.39 is 18.1 Å². The molecule has 2 aliphatic rings. The van der Waals surface area contributed by atoms with Gasteiger partial charge in [0.15, 0.2) is 11.5 Å². The van der Waals surface area contributed by atoms with Crippen LogP contribution < -0.4 is 25.0 Å². The van der Waals surface area contributed by atoms with Gasteiger partial charge in [-0.25, -0.2) is 0 Å². The van der Waals surface area contributed by atoms with Gasteiger partial charge in [-0.1, -0.05) is 18.2 Å². The first-order chi connectivity index (χ1) is 14.9. The molecule has 0 bridgehead atoms. The van der Waals surface area contributed by atoms with Crippen LogP contribution in [-0.4, -0.2) is 62.3 Å². The molecule has 8 nitrogen and oxygen atoms in total. The Kier molecular flexibility index (Phi) is 5.90. The number of anilines is 2. The smallest absolute Gasteiger partial charge is 0.395 e. The highest BCUT2D eigenvalue weighted by Crippen LogP contribution is 2.42. The number of fused-ring (bicyclic) bond motifs is 1. The summed E-state index contributed by atoms with van der Waals surface area (Å²) in [6, 6.07) is 13.9. The molecule has 10 heteroatoms. The number of halogens is 2. The van der Waals surface area contributed by atoms with Crippen LogP contribution in [0.5, 0.6) is 11.5 Å². The van der Waals surface area contributed by atoms with Crippen molar-refractivity contribution in [2.45, 2.75) is 6.29 Å². The minimum atomic E-state index is -3.74. The van der Waals surface area contributed by atoms with E-state index in [1.165, 1.54) is 23.9 Å². The van der Waals surface area contributed by atoms with E-state index >= 15 is 0 Å². The molecule has 0 atom stereocenters. The molecule has 164 valence electrons. The first-order valence-corrected chi connectivity index (χ1v) is 9.91. The third kappa shape index (κ3) is 5.21. The van der Waals surface area contributed by atoms with Crippen LogP contribution in [0.2, 0.25) is 0 Å². The fourth-order valence-corrected chi connectivity index (χ4v) is 3.49. The third-order valence-electron chi connectivity index (χ3n) is 5.07. The molecule has 1 saturated heterocycles. The fraction of sp³-hybridized carbons (Fsp3) is 0.333. The summed E-state index contributed by atoms with van der Waals surface area (Å²) in [5.74, 6) is -2.04. The molecule has 0 aliphatic carbocycles. The Labute approximate surface area is 177 Å². The van der Waals surface area contributed by atoms with Crippen LogP contribution in [-0.2, 0) is 9.59 Å². The van der Waals surface area contributed by atoms with Crippen LogP contribution in [0.4, 0.5) is 20.2 Å². The Hall–Kier alpha value is -3.40. The van der Waals surface area contributed by atoms with Gasteiger partial charge in [0.1, 0.15) is 0 Å². The Morgan fingerprint density at radius 3 is 2.39 bits per heavy atom. The quantitative estimate of drug-likeness (QED) is 0.703. The Bertz CT molecular complexity index is 950. The molecule has 0 saturated carbocycles. The van der Waals surface area contributed by atoms with Crippen LogP contribution in [0.1, 0.15) is 0 Å². The predicted octanol–water partition coefficient (Wildman–Crippen LogP) is 1.88. The average Bonchev–Trinajstić information content (AvgIpc) is 3.08. The zero-order chi connectivity index (χ0) is 21.8. The molecule has 31 heavy (non-hydrogen) atoms. The van der Waals surface area contributed by atoms with Crippen molar-refractivity contribution >= 4 is 23.2 Å². The summed E-state index contributed by atoms with van der Waals surface area (Å²) in [5.41, 5.74) is 1.34. The number of para-hydroxylation sites is 1. The molecule has 0 radical (unpaired) electrons. The Morgan fingerprint density at radius 2 is 1.65 bits per heavy atom. The molecule has 2 aromatic rings. The maximum absolute atomic E-state index is 13.1. The minimum Gasteiger partial charge on any atom is -0.395 e. The molecule has 2 aromatic carbocycles. The van der Waals surface area contributed by atoms with E-state index in [0.717, 1.165) is 26.2 Å². The second-order valence-corrected chi connectivity index (χ2v) is 7.20. The van der Waals surface area contributed by atoms with Crippen molar-refractivity contribution in [3.8, 4) is 11.5 Å². The van der Waals surface area contributed by atoms with Crippen LogP contribution in [0.15, 0.2) is 48.5 Å². The maximum atomic E-state index is 13.1. The van der Waals surface area contributed by atoms with Crippen molar-refractivity contribution < 1.29 is 27.8 Å². The molecular weight excluding hydrogens is 410 g/mol. The molecule has 4 rings (SSSR count). The number of piperazine rings is 1. The van der Waals surface area contributed by atoms with Crippen LogP contribution in [0.3, 0.4) is 0 Å². The molecule has 2 N–H and O–H groups in total. The standard InChI is InChI=1S/C21H22F2N4O4/c22-21(23)30-17-7-6-15(14-18(17)31-21)25-20(29)19(28)24-8-9-26-10-12-27(13-11-26)16-4-2-1-3-5-16/h1-7,14H,8-13H2,(H,24,28)(H,25,29). The summed E-state index contributed by atoms with van der Waals surface area (Å²) in [6.07, 6.45) is -3.74. The summed E-state index contributed by atoms with van der Waals surface area (Å²) in [5, 5.41) is 4.94. The molecule has 2 amide bonds. The number of hydrogen-bond donors (Lipinski definition) is 2.